The summed E-state index contributed by atoms with van der Waals surface area (Å²) >= 11 is 7.54. The first-order chi connectivity index (χ1) is 12.6. The first kappa shape index (κ1) is 16.8. The lowest BCUT2D eigenvalue weighted by Gasteiger charge is -2.11. The van der Waals surface area contributed by atoms with Crippen molar-refractivity contribution >= 4 is 44.7 Å². The molecule has 0 aliphatic carbocycles. The number of nitrogens with zero attached hydrogens (tertiary/aromatic N) is 1. The fraction of sp³-hybridized carbons (Fsp3) is 0.0476. The lowest BCUT2D eigenvalue weighted by Crippen LogP contribution is -2.12. The summed E-state index contributed by atoms with van der Waals surface area (Å²) in [6.07, 6.45) is 0. The summed E-state index contributed by atoms with van der Waals surface area (Å²) < 4.78 is 1.15. The van der Waals surface area contributed by atoms with Crippen molar-refractivity contribution < 1.29 is 4.79 Å². The summed E-state index contributed by atoms with van der Waals surface area (Å²) in [6, 6.07) is 20.8. The van der Waals surface area contributed by atoms with Crippen LogP contribution in [-0.4, -0.2) is 10.9 Å². The summed E-state index contributed by atoms with van der Waals surface area (Å²) in [5.74, 6) is -0.161. The maximum Gasteiger partial charge on any atom is 0.255 e. The number of hydrogen-bond acceptors (Lipinski definition) is 3. The predicted molar refractivity (Wildman–Crippen MR) is 109 cm³/mol. The van der Waals surface area contributed by atoms with Gasteiger partial charge in [0.25, 0.3) is 5.91 Å². The molecule has 0 spiro atoms. The maximum absolute atomic E-state index is 12.5. The average molecular weight is 379 g/mol. The Morgan fingerprint density at radius 3 is 2.54 bits per heavy atom. The Hall–Kier alpha value is -2.69. The summed E-state index contributed by atoms with van der Waals surface area (Å²) in [5, 5.41) is 4.54. The quantitative estimate of drug-likeness (QED) is 0.462. The molecule has 0 aliphatic heterocycles. The summed E-state index contributed by atoms with van der Waals surface area (Å²) in [4.78, 5) is 17.2. The van der Waals surface area contributed by atoms with Crippen LogP contribution in [0.15, 0.2) is 66.7 Å². The van der Waals surface area contributed by atoms with Gasteiger partial charge in [-0.2, -0.15) is 0 Å². The van der Waals surface area contributed by atoms with Crippen LogP contribution in [0.2, 0.25) is 5.02 Å². The van der Waals surface area contributed by atoms with E-state index in [4.69, 9.17) is 16.6 Å². The lowest BCUT2D eigenvalue weighted by atomic mass is 10.1. The van der Waals surface area contributed by atoms with E-state index in [0.29, 0.717) is 10.6 Å². The van der Waals surface area contributed by atoms with Crippen LogP contribution < -0.4 is 5.32 Å². The van der Waals surface area contributed by atoms with Gasteiger partial charge in [-0.25, -0.2) is 4.98 Å². The SMILES string of the molecule is Cc1c(NC(=O)c2ccc(Cl)cc2)cccc1-c1nc2ccccc2s1. The van der Waals surface area contributed by atoms with E-state index in [2.05, 4.69) is 11.4 Å². The monoisotopic (exact) mass is 378 g/mol. The van der Waals surface area contributed by atoms with Gasteiger partial charge in [-0.15, -0.1) is 11.3 Å². The van der Waals surface area contributed by atoms with Crippen molar-refractivity contribution in [3.63, 3.8) is 0 Å². The minimum absolute atomic E-state index is 0.161. The van der Waals surface area contributed by atoms with Crippen molar-refractivity contribution in [2.24, 2.45) is 0 Å². The zero-order chi connectivity index (χ0) is 18.1. The van der Waals surface area contributed by atoms with Gasteiger partial charge in [-0.1, -0.05) is 35.9 Å². The number of anilines is 1. The zero-order valence-corrected chi connectivity index (χ0v) is 15.6. The molecule has 0 saturated carbocycles. The number of rotatable bonds is 3. The molecule has 4 rings (SSSR count). The van der Waals surface area contributed by atoms with Gasteiger partial charge in [0.15, 0.2) is 0 Å². The Morgan fingerprint density at radius 2 is 1.77 bits per heavy atom. The minimum Gasteiger partial charge on any atom is -0.322 e. The van der Waals surface area contributed by atoms with E-state index in [-0.39, 0.29) is 5.91 Å². The second-order valence-corrected chi connectivity index (χ2v) is 7.39. The van der Waals surface area contributed by atoms with Gasteiger partial charge in [-0.05, 0) is 55.0 Å². The molecular weight excluding hydrogens is 364 g/mol. The number of fused-ring (bicyclic) bond motifs is 1. The standard InChI is InChI=1S/C21H15ClN2OS/c1-13-16(21-24-18-6-2-3-8-19(18)26-21)5-4-7-17(13)23-20(25)14-9-11-15(22)12-10-14/h2-12H,1H3,(H,23,25). The zero-order valence-electron chi connectivity index (χ0n) is 14.0. The first-order valence-electron chi connectivity index (χ1n) is 8.14. The lowest BCUT2D eigenvalue weighted by molar-refractivity contribution is 0.102. The molecule has 0 aliphatic rings. The van der Waals surface area contributed by atoms with Crippen LogP contribution in [0.3, 0.4) is 0 Å². The fourth-order valence-corrected chi connectivity index (χ4v) is 3.96. The van der Waals surface area contributed by atoms with Gasteiger partial charge >= 0.3 is 0 Å². The molecule has 128 valence electrons. The van der Waals surface area contributed by atoms with E-state index in [1.54, 1.807) is 35.6 Å². The van der Waals surface area contributed by atoms with Gasteiger partial charge in [0.1, 0.15) is 5.01 Å². The molecular formula is C21H15ClN2OS. The Morgan fingerprint density at radius 1 is 1.00 bits per heavy atom. The highest BCUT2D eigenvalue weighted by Gasteiger charge is 2.13. The van der Waals surface area contributed by atoms with E-state index in [1.807, 2.05) is 43.3 Å². The second kappa shape index (κ2) is 6.90. The van der Waals surface area contributed by atoms with Crippen LogP contribution in [-0.2, 0) is 0 Å². The molecule has 1 amide bonds. The Labute approximate surface area is 160 Å². The third kappa shape index (κ3) is 3.21. The van der Waals surface area contributed by atoms with Crippen molar-refractivity contribution in [2.75, 3.05) is 5.32 Å². The van der Waals surface area contributed by atoms with E-state index in [1.165, 1.54) is 0 Å². The first-order valence-corrected chi connectivity index (χ1v) is 9.34. The Balaban J connectivity index is 1.67. The number of carbonyl (C=O) groups excluding carboxylic acids is 1. The van der Waals surface area contributed by atoms with Crippen molar-refractivity contribution in [3.8, 4) is 10.6 Å². The van der Waals surface area contributed by atoms with E-state index < -0.39 is 0 Å². The number of benzene rings is 3. The number of thiazole rings is 1. The van der Waals surface area contributed by atoms with E-state index >= 15 is 0 Å². The minimum atomic E-state index is -0.161. The molecule has 0 unspecified atom stereocenters. The maximum atomic E-state index is 12.5. The third-order valence-corrected chi connectivity index (χ3v) is 5.53. The van der Waals surface area contributed by atoms with E-state index in [9.17, 15) is 4.79 Å². The van der Waals surface area contributed by atoms with Crippen LogP contribution in [0.5, 0.6) is 0 Å². The molecule has 1 aromatic heterocycles. The number of nitrogens with one attached hydrogen (secondary N) is 1. The van der Waals surface area contributed by atoms with Crippen LogP contribution in [0.4, 0.5) is 5.69 Å². The van der Waals surface area contributed by atoms with Gasteiger partial charge in [0.2, 0.25) is 0 Å². The summed E-state index contributed by atoms with van der Waals surface area (Å²) in [5.41, 5.74) is 4.36. The number of para-hydroxylation sites is 1. The van der Waals surface area contributed by atoms with Gasteiger partial charge < -0.3 is 5.32 Å². The number of halogens is 1. The van der Waals surface area contributed by atoms with Crippen molar-refractivity contribution in [1.29, 1.82) is 0 Å². The Bertz CT molecular complexity index is 1070. The topological polar surface area (TPSA) is 42.0 Å². The third-order valence-electron chi connectivity index (χ3n) is 4.21. The van der Waals surface area contributed by atoms with Crippen LogP contribution in [0.1, 0.15) is 15.9 Å². The average Bonchev–Trinajstić information content (AvgIpc) is 3.08. The summed E-state index contributed by atoms with van der Waals surface area (Å²) in [7, 11) is 0. The van der Waals surface area contributed by atoms with Crippen LogP contribution >= 0.6 is 22.9 Å². The van der Waals surface area contributed by atoms with Gasteiger partial charge in [0.05, 0.1) is 10.2 Å². The Kier molecular flexibility index (Phi) is 4.45. The predicted octanol–water partition coefficient (Wildman–Crippen LogP) is 6.18. The molecule has 26 heavy (non-hydrogen) atoms. The molecule has 1 heterocycles. The molecule has 0 atom stereocenters. The second-order valence-electron chi connectivity index (χ2n) is 5.93. The van der Waals surface area contributed by atoms with Gasteiger partial charge in [0, 0.05) is 21.8 Å². The molecule has 5 heteroatoms. The summed E-state index contributed by atoms with van der Waals surface area (Å²) in [6.45, 7) is 2.00. The van der Waals surface area contributed by atoms with Gasteiger partial charge in [-0.3, -0.25) is 4.79 Å². The fourth-order valence-electron chi connectivity index (χ4n) is 2.79. The molecule has 0 bridgehead atoms. The molecule has 3 aromatic carbocycles. The highest BCUT2D eigenvalue weighted by atomic mass is 35.5. The molecule has 3 nitrogen and oxygen atoms in total. The number of amides is 1. The molecule has 0 saturated heterocycles. The highest BCUT2D eigenvalue weighted by Crippen LogP contribution is 2.34. The van der Waals surface area contributed by atoms with Crippen molar-refractivity contribution in [1.82, 2.24) is 4.98 Å². The van der Waals surface area contributed by atoms with Crippen LogP contribution in [0, 0.1) is 6.92 Å². The molecule has 4 aromatic rings. The van der Waals surface area contributed by atoms with Crippen molar-refractivity contribution in [2.45, 2.75) is 6.92 Å². The normalized spacial score (nSPS) is 10.8. The molecule has 0 fully saturated rings. The number of hydrogen-bond donors (Lipinski definition) is 1. The van der Waals surface area contributed by atoms with E-state index in [0.717, 1.165) is 32.0 Å². The largest absolute Gasteiger partial charge is 0.322 e. The number of aromatic nitrogens is 1. The van der Waals surface area contributed by atoms with Crippen LogP contribution in [0.25, 0.3) is 20.8 Å². The number of carbonyl (C=O) groups is 1. The smallest absolute Gasteiger partial charge is 0.255 e. The van der Waals surface area contributed by atoms with Crippen molar-refractivity contribution in [3.05, 3.63) is 82.9 Å². The molecule has 1 N–H and O–H groups in total. The highest BCUT2D eigenvalue weighted by molar-refractivity contribution is 7.21. The molecule has 0 radical (unpaired) electrons.